The number of carbonyl (C=O) groups is 2. The lowest BCUT2D eigenvalue weighted by molar-refractivity contribution is -0.142. The molecule has 0 spiro atoms. The third kappa shape index (κ3) is 3.61. The van der Waals surface area contributed by atoms with E-state index in [0.29, 0.717) is 12.2 Å². The van der Waals surface area contributed by atoms with Crippen molar-refractivity contribution >= 4 is 12.1 Å². The number of amides is 1. The highest BCUT2D eigenvalue weighted by Gasteiger charge is 2.10. The molecule has 1 amide bonds. The van der Waals surface area contributed by atoms with Crippen LogP contribution >= 0.6 is 0 Å². The zero-order chi connectivity index (χ0) is 12.0. The number of nitrogens with two attached hydrogens (primary N) is 1. The Morgan fingerprint density at radius 2 is 2.00 bits per heavy atom. The first-order chi connectivity index (χ1) is 7.63. The van der Waals surface area contributed by atoms with Gasteiger partial charge in [-0.2, -0.15) is 0 Å². The van der Waals surface area contributed by atoms with E-state index in [1.54, 1.807) is 31.2 Å². The highest BCUT2D eigenvalue weighted by atomic mass is 16.5. The highest BCUT2D eigenvalue weighted by Crippen LogP contribution is 2.18. The third-order valence-electron chi connectivity index (χ3n) is 1.82. The van der Waals surface area contributed by atoms with Crippen LogP contribution in [0.5, 0.6) is 5.75 Å². The fraction of sp³-hybridized carbons (Fsp3) is 0.273. The predicted octanol–water partition coefficient (Wildman–Crippen LogP) is 1.25. The van der Waals surface area contributed by atoms with E-state index in [9.17, 15) is 9.59 Å². The number of esters is 1. The van der Waals surface area contributed by atoms with Gasteiger partial charge in [-0.05, 0) is 13.0 Å². The molecule has 0 unspecified atom stereocenters. The lowest BCUT2D eigenvalue weighted by Gasteiger charge is -2.07. The van der Waals surface area contributed by atoms with Gasteiger partial charge in [0.25, 0.3) is 0 Å². The fourth-order valence-electron chi connectivity index (χ4n) is 1.23. The molecule has 0 aromatic heterocycles. The molecule has 0 saturated carbocycles. The SMILES string of the molecule is CCOC(=O)Cc1ccccc1OC(N)=O. The molecule has 0 aliphatic rings. The van der Waals surface area contributed by atoms with Gasteiger partial charge in [-0.3, -0.25) is 4.79 Å². The molecule has 0 fully saturated rings. The minimum atomic E-state index is -0.906. The molecule has 0 aliphatic heterocycles. The van der Waals surface area contributed by atoms with Crippen molar-refractivity contribution in [2.75, 3.05) is 6.61 Å². The van der Waals surface area contributed by atoms with E-state index in [-0.39, 0.29) is 18.1 Å². The maximum atomic E-state index is 11.3. The fourth-order valence-corrected chi connectivity index (χ4v) is 1.23. The van der Waals surface area contributed by atoms with E-state index in [4.69, 9.17) is 15.2 Å². The maximum Gasteiger partial charge on any atom is 0.409 e. The zero-order valence-electron chi connectivity index (χ0n) is 8.93. The van der Waals surface area contributed by atoms with E-state index >= 15 is 0 Å². The van der Waals surface area contributed by atoms with Crippen LogP contribution in [0.4, 0.5) is 4.79 Å². The molecule has 86 valence electrons. The van der Waals surface area contributed by atoms with Gasteiger partial charge in [0.1, 0.15) is 5.75 Å². The van der Waals surface area contributed by atoms with Gasteiger partial charge in [0.2, 0.25) is 0 Å². The van der Waals surface area contributed by atoms with E-state index in [1.165, 1.54) is 0 Å². The summed E-state index contributed by atoms with van der Waals surface area (Å²) in [6.45, 7) is 2.04. The molecule has 5 nitrogen and oxygen atoms in total. The minimum absolute atomic E-state index is 0.0529. The lowest BCUT2D eigenvalue weighted by Crippen LogP contribution is -2.18. The van der Waals surface area contributed by atoms with Crippen molar-refractivity contribution in [1.29, 1.82) is 0 Å². The van der Waals surface area contributed by atoms with Gasteiger partial charge in [0.05, 0.1) is 13.0 Å². The van der Waals surface area contributed by atoms with Crippen molar-refractivity contribution in [3.8, 4) is 5.75 Å². The highest BCUT2D eigenvalue weighted by molar-refractivity contribution is 5.75. The van der Waals surface area contributed by atoms with Gasteiger partial charge in [0.15, 0.2) is 0 Å². The maximum absolute atomic E-state index is 11.3. The molecule has 2 N–H and O–H groups in total. The topological polar surface area (TPSA) is 78.6 Å². The van der Waals surface area contributed by atoms with Gasteiger partial charge in [-0.25, -0.2) is 4.79 Å². The Labute approximate surface area is 93.1 Å². The molecule has 0 heterocycles. The second kappa shape index (κ2) is 5.75. The molecule has 0 radical (unpaired) electrons. The van der Waals surface area contributed by atoms with Gasteiger partial charge in [-0.1, -0.05) is 18.2 Å². The van der Waals surface area contributed by atoms with Crippen LogP contribution in [0.3, 0.4) is 0 Å². The summed E-state index contributed by atoms with van der Waals surface area (Å²) in [4.78, 5) is 21.9. The molecule has 0 aliphatic carbocycles. The Kier molecular flexibility index (Phi) is 4.32. The monoisotopic (exact) mass is 223 g/mol. The number of para-hydroxylation sites is 1. The lowest BCUT2D eigenvalue weighted by atomic mass is 10.1. The van der Waals surface area contributed by atoms with Gasteiger partial charge in [0, 0.05) is 5.56 Å². The van der Waals surface area contributed by atoms with E-state index in [1.807, 2.05) is 0 Å². The summed E-state index contributed by atoms with van der Waals surface area (Å²) in [5.41, 5.74) is 5.47. The number of hydrogen-bond donors (Lipinski definition) is 1. The molecule has 1 aromatic carbocycles. The second-order valence-corrected chi connectivity index (χ2v) is 3.01. The van der Waals surface area contributed by atoms with Gasteiger partial charge < -0.3 is 15.2 Å². The average Bonchev–Trinajstić information content (AvgIpc) is 2.20. The van der Waals surface area contributed by atoms with Crippen LogP contribution in [0.15, 0.2) is 24.3 Å². The molecule has 0 saturated heterocycles. The van der Waals surface area contributed by atoms with Gasteiger partial charge >= 0.3 is 12.1 Å². The molecule has 0 bridgehead atoms. The number of carbonyl (C=O) groups excluding carboxylic acids is 2. The first kappa shape index (κ1) is 12.0. The number of ether oxygens (including phenoxy) is 2. The van der Waals surface area contributed by atoms with Crippen molar-refractivity contribution in [3.63, 3.8) is 0 Å². The Balaban J connectivity index is 2.78. The molecule has 5 heteroatoms. The van der Waals surface area contributed by atoms with Crippen LogP contribution in [0.1, 0.15) is 12.5 Å². The Hall–Kier alpha value is -2.04. The number of benzene rings is 1. The summed E-state index contributed by atoms with van der Waals surface area (Å²) >= 11 is 0. The van der Waals surface area contributed by atoms with Crippen molar-refractivity contribution in [3.05, 3.63) is 29.8 Å². The molecule has 1 aromatic rings. The predicted molar refractivity (Wildman–Crippen MR) is 57.0 cm³/mol. The molecule has 16 heavy (non-hydrogen) atoms. The van der Waals surface area contributed by atoms with Crippen LogP contribution in [-0.4, -0.2) is 18.7 Å². The summed E-state index contributed by atoms with van der Waals surface area (Å²) in [5, 5.41) is 0. The normalized spacial score (nSPS) is 9.56. The molecule has 1 rings (SSSR count). The van der Waals surface area contributed by atoms with Crippen molar-refractivity contribution in [2.45, 2.75) is 13.3 Å². The smallest absolute Gasteiger partial charge is 0.409 e. The Morgan fingerprint density at radius 1 is 1.31 bits per heavy atom. The first-order valence-corrected chi connectivity index (χ1v) is 4.84. The van der Waals surface area contributed by atoms with Crippen molar-refractivity contribution in [1.82, 2.24) is 0 Å². The minimum Gasteiger partial charge on any atom is -0.466 e. The largest absolute Gasteiger partial charge is 0.466 e. The standard InChI is InChI=1S/C11H13NO4/c1-2-15-10(13)7-8-5-3-4-6-9(8)16-11(12)14/h3-6H,2,7H2,1H3,(H2,12,14). The molecular weight excluding hydrogens is 210 g/mol. The summed E-state index contributed by atoms with van der Waals surface area (Å²) in [6.07, 6.45) is -0.853. The number of rotatable bonds is 4. The molecule has 0 atom stereocenters. The number of primary amides is 1. The Morgan fingerprint density at radius 3 is 2.62 bits per heavy atom. The van der Waals surface area contributed by atoms with Crippen molar-refractivity contribution in [2.24, 2.45) is 5.73 Å². The third-order valence-corrected chi connectivity index (χ3v) is 1.82. The molecular formula is C11H13NO4. The zero-order valence-corrected chi connectivity index (χ0v) is 8.93. The van der Waals surface area contributed by atoms with Crippen LogP contribution in [0, 0.1) is 0 Å². The summed E-state index contributed by atoms with van der Waals surface area (Å²) in [7, 11) is 0. The van der Waals surface area contributed by atoms with E-state index in [0.717, 1.165) is 0 Å². The summed E-state index contributed by atoms with van der Waals surface area (Å²) in [6, 6.07) is 6.67. The quantitative estimate of drug-likeness (QED) is 0.779. The van der Waals surface area contributed by atoms with E-state index in [2.05, 4.69) is 0 Å². The Bertz CT molecular complexity index is 389. The van der Waals surface area contributed by atoms with E-state index < -0.39 is 6.09 Å². The van der Waals surface area contributed by atoms with Crippen LogP contribution < -0.4 is 10.5 Å². The van der Waals surface area contributed by atoms with Crippen LogP contribution in [0.25, 0.3) is 0 Å². The summed E-state index contributed by atoms with van der Waals surface area (Å²) < 4.78 is 9.55. The number of hydrogen-bond acceptors (Lipinski definition) is 4. The first-order valence-electron chi connectivity index (χ1n) is 4.84. The van der Waals surface area contributed by atoms with Crippen LogP contribution in [-0.2, 0) is 16.0 Å². The summed E-state index contributed by atoms with van der Waals surface area (Å²) in [5.74, 6) is -0.0916. The van der Waals surface area contributed by atoms with Crippen molar-refractivity contribution < 1.29 is 19.1 Å². The van der Waals surface area contributed by atoms with Gasteiger partial charge in [-0.15, -0.1) is 0 Å². The average molecular weight is 223 g/mol. The second-order valence-electron chi connectivity index (χ2n) is 3.01. The van der Waals surface area contributed by atoms with Crippen LogP contribution in [0.2, 0.25) is 0 Å².